The molecule has 116 valence electrons. The van der Waals surface area contributed by atoms with Crippen LogP contribution in [0.3, 0.4) is 0 Å². The molecule has 3 nitrogen and oxygen atoms in total. The number of nitrogens with zero attached hydrogens (tertiary/aromatic N) is 1. The Morgan fingerprint density at radius 1 is 1.43 bits per heavy atom. The fourth-order valence-corrected chi connectivity index (χ4v) is 2.23. The first kappa shape index (κ1) is 15.9. The highest BCUT2D eigenvalue weighted by molar-refractivity contribution is 5.99. The number of carbonyl (C=O) groups excluding carboxylic acids is 1. The molecular weight excluding hydrogens is 290 g/mol. The maximum absolute atomic E-state index is 13.2. The Morgan fingerprint density at radius 3 is 2.76 bits per heavy atom. The molecule has 1 saturated heterocycles. The second-order valence-corrected chi connectivity index (χ2v) is 4.81. The van der Waals surface area contributed by atoms with Crippen molar-refractivity contribution < 1.29 is 27.1 Å². The Labute approximate surface area is 119 Å². The van der Waals surface area contributed by atoms with Gasteiger partial charge in [-0.15, -0.1) is 0 Å². The van der Waals surface area contributed by atoms with E-state index in [1.807, 2.05) is 11.8 Å². The molecule has 1 unspecified atom stereocenters. The van der Waals surface area contributed by atoms with Gasteiger partial charge in [0.25, 0.3) is 0 Å². The number of ether oxygens (including phenoxy) is 1. The number of benzene rings is 1. The average molecular weight is 305 g/mol. The van der Waals surface area contributed by atoms with E-state index in [-0.39, 0.29) is 5.56 Å². The summed E-state index contributed by atoms with van der Waals surface area (Å²) in [6, 6.07) is 2.27. The van der Waals surface area contributed by atoms with Crippen LogP contribution in [0.1, 0.15) is 22.8 Å². The normalized spacial score (nSPS) is 20.5. The van der Waals surface area contributed by atoms with E-state index in [0.29, 0.717) is 31.8 Å². The highest BCUT2D eigenvalue weighted by atomic mass is 19.4. The van der Waals surface area contributed by atoms with Gasteiger partial charge in [-0.1, -0.05) is 6.92 Å². The Morgan fingerprint density at radius 2 is 2.14 bits per heavy atom. The molecule has 1 aromatic rings. The Hall–Kier alpha value is -1.47. The zero-order valence-electron chi connectivity index (χ0n) is 11.4. The van der Waals surface area contributed by atoms with Gasteiger partial charge >= 0.3 is 6.18 Å². The topological polar surface area (TPSA) is 29.5 Å². The van der Waals surface area contributed by atoms with Crippen LogP contribution in [0.2, 0.25) is 0 Å². The highest BCUT2D eigenvalue weighted by Gasteiger charge is 2.35. The molecule has 0 spiro atoms. The van der Waals surface area contributed by atoms with Crippen molar-refractivity contribution in [3.63, 3.8) is 0 Å². The van der Waals surface area contributed by atoms with Crippen molar-refractivity contribution in [2.45, 2.75) is 19.2 Å². The first-order valence-corrected chi connectivity index (χ1v) is 6.58. The highest BCUT2D eigenvalue weighted by Crippen LogP contribution is 2.32. The lowest BCUT2D eigenvalue weighted by Gasteiger charge is -2.31. The third-order valence-corrected chi connectivity index (χ3v) is 3.45. The van der Waals surface area contributed by atoms with E-state index in [1.54, 1.807) is 0 Å². The van der Waals surface area contributed by atoms with Crippen LogP contribution in [0.15, 0.2) is 18.2 Å². The van der Waals surface area contributed by atoms with E-state index in [2.05, 4.69) is 0 Å². The standard InChI is InChI=1S/C14H15F4NO2/c1-2-19-5-6-21-12(8-19)13(20)9-3-4-11(15)10(7-9)14(16,17)18/h3-4,7,12H,2,5-6,8H2,1H3. The first-order chi connectivity index (χ1) is 9.82. The van der Waals surface area contributed by atoms with Crippen molar-refractivity contribution in [2.75, 3.05) is 26.2 Å². The fraction of sp³-hybridized carbons (Fsp3) is 0.500. The smallest absolute Gasteiger partial charge is 0.367 e. The summed E-state index contributed by atoms with van der Waals surface area (Å²) in [6.45, 7) is 4.00. The minimum Gasteiger partial charge on any atom is -0.367 e. The van der Waals surface area contributed by atoms with Crippen molar-refractivity contribution in [1.82, 2.24) is 4.90 Å². The molecule has 0 N–H and O–H groups in total. The van der Waals surface area contributed by atoms with E-state index in [4.69, 9.17) is 4.74 Å². The van der Waals surface area contributed by atoms with Crippen molar-refractivity contribution in [2.24, 2.45) is 0 Å². The van der Waals surface area contributed by atoms with Crippen LogP contribution in [0.25, 0.3) is 0 Å². The van der Waals surface area contributed by atoms with Crippen molar-refractivity contribution >= 4 is 5.78 Å². The molecule has 2 rings (SSSR count). The molecule has 1 atom stereocenters. The molecular formula is C14H15F4NO2. The van der Waals surface area contributed by atoms with Gasteiger partial charge in [0, 0.05) is 18.7 Å². The molecule has 0 saturated carbocycles. The molecule has 0 amide bonds. The Bertz CT molecular complexity index is 530. The predicted octanol–water partition coefficient (Wildman–Crippen LogP) is 2.75. The molecule has 1 fully saturated rings. The van der Waals surface area contributed by atoms with Crippen molar-refractivity contribution in [3.8, 4) is 0 Å². The van der Waals surface area contributed by atoms with Gasteiger partial charge in [0.2, 0.25) is 0 Å². The third kappa shape index (κ3) is 3.59. The predicted molar refractivity (Wildman–Crippen MR) is 67.6 cm³/mol. The van der Waals surface area contributed by atoms with E-state index in [1.165, 1.54) is 0 Å². The number of alkyl halides is 3. The number of hydrogen-bond donors (Lipinski definition) is 0. The van der Waals surface area contributed by atoms with E-state index in [9.17, 15) is 22.4 Å². The lowest BCUT2D eigenvalue weighted by Crippen LogP contribution is -2.45. The zero-order chi connectivity index (χ0) is 15.6. The molecule has 21 heavy (non-hydrogen) atoms. The van der Waals surface area contributed by atoms with Gasteiger partial charge in [0.1, 0.15) is 11.9 Å². The summed E-state index contributed by atoms with van der Waals surface area (Å²) in [6.07, 6.45) is -5.64. The summed E-state index contributed by atoms with van der Waals surface area (Å²) < 4.78 is 56.5. The minimum absolute atomic E-state index is 0.188. The lowest BCUT2D eigenvalue weighted by atomic mass is 10.0. The molecule has 0 aromatic heterocycles. The van der Waals surface area contributed by atoms with Gasteiger partial charge in [-0.2, -0.15) is 13.2 Å². The van der Waals surface area contributed by atoms with Crippen LogP contribution in [-0.4, -0.2) is 43.0 Å². The number of halogens is 4. The van der Waals surface area contributed by atoms with Crippen LogP contribution >= 0.6 is 0 Å². The largest absolute Gasteiger partial charge is 0.419 e. The Kier molecular flexibility index (Phi) is 4.63. The molecule has 0 radical (unpaired) electrons. The number of likely N-dealkylation sites (N-methyl/N-ethyl adjacent to an activating group) is 1. The summed E-state index contributed by atoms with van der Waals surface area (Å²) in [4.78, 5) is 14.2. The quantitative estimate of drug-likeness (QED) is 0.635. The number of carbonyl (C=O) groups is 1. The van der Waals surface area contributed by atoms with Crippen LogP contribution in [0.5, 0.6) is 0 Å². The van der Waals surface area contributed by atoms with Gasteiger partial charge in [0.05, 0.1) is 12.2 Å². The molecule has 7 heteroatoms. The maximum Gasteiger partial charge on any atom is 0.419 e. The molecule has 0 bridgehead atoms. The third-order valence-electron chi connectivity index (χ3n) is 3.45. The first-order valence-electron chi connectivity index (χ1n) is 6.58. The minimum atomic E-state index is -4.83. The van der Waals surface area contributed by atoms with Crippen LogP contribution in [0.4, 0.5) is 17.6 Å². The number of ketones is 1. The second-order valence-electron chi connectivity index (χ2n) is 4.81. The molecule has 0 aliphatic carbocycles. The van der Waals surface area contributed by atoms with Crippen LogP contribution in [0, 0.1) is 5.82 Å². The fourth-order valence-electron chi connectivity index (χ4n) is 2.23. The van der Waals surface area contributed by atoms with Crippen LogP contribution in [-0.2, 0) is 10.9 Å². The summed E-state index contributed by atoms with van der Waals surface area (Å²) in [5, 5.41) is 0. The monoisotopic (exact) mass is 305 g/mol. The second kappa shape index (κ2) is 6.11. The summed E-state index contributed by atoms with van der Waals surface area (Å²) >= 11 is 0. The molecule has 1 aliphatic rings. The number of hydrogen-bond acceptors (Lipinski definition) is 3. The molecule has 1 heterocycles. The average Bonchev–Trinajstić information content (AvgIpc) is 2.46. The Balaban J connectivity index is 2.23. The van der Waals surface area contributed by atoms with Crippen molar-refractivity contribution in [3.05, 3.63) is 35.1 Å². The maximum atomic E-state index is 13.2. The van der Waals surface area contributed by atoms with Gasteiger partial charge in [-0.05, 0) is 24.7 Å². The van der Waals surface area contributed by atoms with Gasteiger partial charge in [-0.3, -0.25) is 9.69 Å². The van der Waals surface area contributed by atoms with Gasteiger partial charge in [-0.25, -0.2) is 4.39 Å². The lowest BCUT2D eigenvalue weighted by molar-refractivity contribution is -0.140. The zero-order valence-corrected chi connectivity index (χ0v) is 11.4. The SMILES string of the molecule is CCN1CCOC(C(=O)c2ccc(F)c(C(F)(F)F)c2)C1. The molecule has 1 aliphatic heterocycles. The van der Waals surface area contributed by atoms with E-state index in [0.717, 1.165) is 12.6 Å². The summed E-state index contributed by atoms with van der Waals surface area (Å²) in [5.41, 5.74) is -1.62. The van der Waals surface area contributed by atoms with Crippen molar-refractivity contribution in [1.29, 1.82) is 0 Å². The van der Waals surface area contributed by atoms with E-state index < -0.39 is 29.4 Å². The van der Waals surface area contributed by atoms with Gasteiger partial charge < -0.3 is 4.74 Å². The van der Waals surface area contributed by atoms with Gasteiger partial charge in [0.15, 0.2) is 5.78 Å². The number of rotatable bonds is 3. The summed E-state index contributed by atoms with van der Waals surface area (Å²) in [7, 11) is 0. The molecule has 1 aromatic carbocycles. The van der Waals surface area contributed by atoms with E-state index >= 15 is 0 Å². The summed E-state index contributed by atoms with van der Waals surface area (Å²) in [5.74, 6) is -1.95. The number of morpholine rings is 1. The van der Waals surface area contributed by atoms with Crippen LogP contribution < -0.4 is 0 Å². The number of Topliss-reactive ketones (excluding diaryl/α,β-unsaturated/α-hetero) is 1.